The number of anilines is 1. The molecule has 0 spiro atoms. The van der Waals surface area contributed by atoms with Gasteiger partial charge in [-0.3, -0.25) is 4.79 Å². The number of aryl methyl sites for hydroxylation is 2. The molecule has 0 unspecified atom stereocenters. The Bertz CT molecular complexity index is 425. The number of aliphatic hydroxyl groups excluding tert-OH is 1. The molecule has 0 aliphatic rings. The molecule has 106 valence electrons. The third kappa shape index (κ3) is 4.60. The smallest absolute Gasteiger partial charge is 0.223 e. The first-order valence-electron chi connectivity index (χ1n) is 6.20. The van der Waals surface area contributed by atoms with Crippen molar-refractivity contribution in [2.75, 3.05) is 31.3 Å². The Balaban J connectivity index is 2.84. The van der Waals surface area contributed by atoms with E-state index in [4.69, 9.17) is 9.84 Å². The van der Waals surface area contributed by atoms with E-state index in [0.717, 1.165) is 21.3 Å². The summed E-state index contributed by atoms with van der Waals surface area (Å²) in [5.41, 5.74) is 3.06. The molecule has 0 saturated heterocycles. The van der Waals surface area contributed by atoms with Crippen molar-refractivity contribution in [3.8, 4) is 0 Å². The molecule has 0 heterocycles. The van der Waals surface area contributed by atoms with Crippen LogP contribution >= 0.6 is 15.9 Å². The summed E-state index contributed by atoms with van der Waals surface area (Å²) in [6.45, 7) is 6.73. The first kappa shape index (κ1) is 16.1. The first-order valence-corrected chi connectivity index (χ1v) is 7.00. The van der Waals surface area contributed by atoms with Crippen LogP contribution in [0.3, 0.4) is 0 Å². The summed E-state index contributed by atoms with van der Waals surface area (Å²) in [5.74, 6) is -0.0197. The van der Waals surface area contributed by atoms with Gasteiger partial charge in [0.25, 0.3) is 0 Å². The summed E-state index contributed by atoms with van der Waals surface area (Å²) in [5, 5.41) is 8.65. The van der Waals surface area contributed by atoms with Gasteiger partial charge in [-0.05, 0) is 37.1 Å². The van der Waals surface area contributed by atoms with Crippen molar-refractivity contribution in [2.24, 2.45) is 0 Å². The van der Waals surface area contributed by atoms with Crippen LogP contribution < -0.4 is 4.90 Å². The van der Waals surface area contributed by atoms with E-state index in [1.165, 1.54) is 0 Å². The van der Waals surface area contributed by atoms with Gasteiger partial charge in [0.15, 0.2) is 0 Å². The fraction of sp³-hybridized carbons (Fsp3) is 0.500. The van der Waals surface area contributed by atoms with Gasteiger partial charge < -0.3 is 14.7 Å². The Labute approximate surface area is 122 Å². The lowest BCUT2D eigenvalue weighted by atomic mass is 10.1. The van der Waals surface area contributed by atoms with Crippen LogP contribution in [0.5, 0.6) is 0 Å². The van der Waals surface area contributed by atoms with Crippen molar-refractivity contribution in [3.05, 3.63) is 27.7 Å². The van der Waals surface area contributed by atoms with Gasteiger partial charge in [-0.2, -0.15) is 0 Å². The molecule has 5 heteroatoms. The molecule has 1 rings (SSSR count). The molecular weight excluding hydrogens is 310 g/mol. The van der Waals surface area contributed by atoms with Crippen molar-refractivity contribution >= 4 is 27.5 Å². The molecule has 0 radical (unpaired) electrons. The van der Waals surface area contributed by atoms with Gasteiger partial charge in [0.2, 0.25) is 5.91 Å². The molecule has 1 N–H and O–H groups in total. The zero-order valence-electron chi connectivity index (χ0n) is 11.6. The molecule has 4 nitrogen and oxygen atoms in total. The molecule has 0 aliphatic carbocycles. The molecule has 1 aromatic carbocycles. The minimum absolute atomic E-state index is 0.00340. The molecule has 1 aromatic rings. The number of rotatable bonds is 6. The fourth-order valence-corrected chi connectivity index (χ4v) is 2.10. The number of nitrogens with zero attached hydrogens (tertiary/aromatic N) is 1. The maximum Gasteiger partial charge on any atom is 0.223 e. The molecule has 0 aromatic heterocycles. The zero-order chi connectivity index (χ0) is 14.4. The van der Waals surface area contributed by atoms with Gasteiger partial charge in [-0.15, -0.1) is 0 Å². The Morgan fingerprint density at radius 1 is 1.32 bits per heavy atom. The average molecular weight is 330 g/mol. The quantitative estimate of drug-likeness (QED) is 0.815. The highest BCUT2D eigenvalue weighted by Crippen LogP contribution is 2.27. The highest BCUT2D eigenvalue weighted by atomic mass is 79.9. The molecule has 19 heavy (non-hydrogen) atoms. The predicted octanol–water partition coefficient (Wildman–Crippen LogP) is 2.43. The van der Waals surface area contributed by atoms with Gasteiger partial charge in [0.05, 0.1) is 19.8 Å². The van der Waals surface area contributed by atoms with Crippen LogP contribution in [-0.2, 0) is 9.53 Å². The standard InChI is InChI=1S/C14H20BrNO3/c1-10-8-13(9-11(2)14(10)15)16(12(3)18)4-6-19-7-5-17/h8-9,17H,4-7H2,1-3H3. The summed E-state index contributed by atoms with van der Waals surface area (Å²) in [7, 11) is 0. The van der Waals surface area contributed by atoms with E-state index in [1.54, 1.807) is 11.8 Å². The van der Waals surface area contributed by atoms with Gasteiger partial charge in [-0.25, -0.2) is 0 Å². The minimum atomic E-state index is -0.0197. The SMILES string of the molecule is CC(=O)N(CCOCCO)c1cc(C)c(Br)c(C)c1. The summed E-state index contributed by atoms with van der Waals surface area (Å²) < 4.78 is 6.28. The van der Waals surface area contributed by atoms with E-state index in [9.17, 15) is 4.79 Å². The lowest BCUT2D eigenvalue weighted by Crippen LogP contribution is -2.32. The Morgan fingerprint density at radius 3 is 2.37 bits per heavy atom. The van der Waals surface area contributed by atoms with Gasteiger partial charge in [0, 0.05) is 23.6 Å². The van der Waals surface area contributed by atoms with E-state index in [0.29, 0.717) is 19.8 Å². The summed E-state index contributed by atoms with van der Waals surface area (Å²) in [6.07, 6.45) is 0. The van der Waals surface area contributed by atoms with Crippen LogP contribution in [0.25, 0.3) is 0 Å². The number of ether oxygens (including phenoxy) is 1. The average Bonchev–Trinajstić information content (AvgIpc) is 2.35. The predicted molar refractivity (Wildman–Crippen MR) is 79.5 cm³/mol. The second-order valence-electron chi connectivity index (χ2n) is 4.40. The van der Waals surface area contributed by atoms with Crippen LogP contribution in [-0.4, -0.2) is 37.4 Å². The highest BCUT2D eigenvalue weighted by molar-refractivity contribution is 9.10. The fourth-order valence-electron chi connectivity index (χ4n) is 1.87. The van der Waals surface area contributed by atoms with Crippen molar-refractivity contribution in [3.63, 3.8) is 0 Å². The number of hydrogen-bond donors (Lipinski definition) is 1. The maximum atomic E-state index is 11.7. The highest BCUT2D eigenvalue weighted by Gasteiger charge is 2.13. The molecule has 0 fully saturated rings. The van der Waals surface area contributed by atoms with E-state index in [2.05, 4.69) is 15.9 Å². The van der Waals surface area contributed by atoms with Crippen LogP contribution in [0.1, 0.15) is 18.1 Å². The van der Waals surface area contributed by atoms with E-state index < -0.39 is 0 Å². The van der Waals surface area contributed by atoms with Gasteiger partial charge >= 0.3 is 0 Å². The number of carbonyl (C=O) groups excluding carboxylic acids is 1. The number of aliphatic hydroxyl groups is 1. The largest absolute Gasteiger partial charge is 0.394 e. The number of amides is 1. The lowest BCUT2D eigenvalue weighted by Gasteiger charge is -2.22. The first-order chi connectivity index (χ1) is 8.97. The molecule has 0 aliphatic heterocycles. The third-order valence-electron chi connectivity index (χ3n) is 2.81. The molecular formula is C14H20BrNO3. The normalized spacial score (nSPS) is 10.6. The number of halogens is 1. The third-order valence-corrected chi connectivity index (χ3v) is 4.06. The summed E-state index contributed by atoms with van der Waals surface area (Å²) in [4.78, 5) is 13.4. The van der Waals surface area contributed by atoms with Crippen molar-refractivity contribution in [1.29, 1.82) is 0 Å². The maximum absolute atomic E-state index is 11.7. The molecule has 0 saturated carbocycles. The Kier molecular flexibility index (Phi) is 6.48. The zero-order valence-corrected chi connectivity index (χ0v) is 13.2. The van der Waals surface area contributed by atoms with E-state index in [1.807, 2.05) is 26.0 Å². The van der Waals surface area contributed by atoms with Crippen molar-refractivity contribution < 1.29 is 14.6 Å². The van der Waals surface area contributed by atoms with Gasteiger partial charge in [0.1, 0.15) is 0 Å². The van der Waals surface area contributed by atoms with E-state index in [-0.39, 0.29) is 12.5 Å². The second kappa shape index (κ2) is 7.62. The summed E-state index contributed by atoms with van der Waals surface area (Å²) in [6, 6.07) is 3.95. The number of hydrogen-bond acceptors (Lipinski definition) is 3. The molecule has 0 bridgehead atoms. The lowest BCUT2D eigenvalue weighted by molar-refractivity contribution is -0.116. The Hall–Kier alpha value is -0.910. The van der Waals surface area contributed by atoms with Crippen molar-refractivity contribution in [2.45, 2.75) is 20.8 Å². The number of carbonyl (C=O) groups is 1. The van der Waals surface area contributed by atoms with Crippen LogP contribution in [0.4, 0.5) is 5.69 Å². The van der Waals surface area contributed by atoms with Crippen LogP contribution in [0.15, 0.2) is 16.6 Å². The number of benzene rings is 1. The minimum Gasteiger partial charge on any atom is -0.394 e. The van der Waals surface area contributed by atoms with Crippen LogP contribution in [0.2, 0.25) is 0 Å². The molecule has 0 atom stereocenters. The Morgan fingerprint density at radius 2 is 1.89 bits per heavy atom. The molecule has 1 amide bonds. The topological polar surface area (TPSA) is 49.8 Å². The van der Waals surface area contributed by atoms with Crippen molar-refractivity contribution in [1.82, 2.24) is 0 Å². The van der Waals surface area contributed by atoms with Crippen LogP contribution in [0, 0.1) is 13.8 Å². The summed E-state index contributed by atoms with van der Waals surface area (Å²) >= 11 is 3.52. The van der Waals surface area contributed by atoms with Gasteiger partial charge in [-0.1, -0.05) is 15.9 Å². The second-order valence-corrected chi connectivity index (χ2v) is 5.19. The monoisotopic (exact) mass is 329 g/mol. The van der Waals surface area contributed by atoms with E-state index >= 15 is 0 Å².